The van der Waals surface area contributed by atoms with E-state index < -0.39 is 0 Å². The number of benzene rings is 2. The summed E-state index contributed by atoms with van der Waals surface area (Å²) in [6.07, 6.45) is 1.61. The summed E-state index contributed by atoms with van der Waals surface area (Å²) < 4.78 is 11.9. The van der Waals surface area contributed by atoms with Crippen molar-refractivity contribution in [3.05, 3.63) is 65.2 Å². The molecular formula is C27H40ClNO3. The first-order chi connectivity index (χ1) is 14.6. The Balaban J connectivity index is 0.00000512. The van der Waals surface area contributed by atoms with Gasteiger partial charge >= 0.3 is 5.91 Å². The van der Waals surface area contributed by atoms with Gasteiger partial charge in [0, 0.05) is 6.92 Å². The van der Waals surface area contributed by atoms with Crippen molar-refractivity contribution in [1.29, 1.82) is 0 Å². The van der Waals surface area contributed by atoms with Crippen molar-refractivity contribution in [2.75, 3.05) is 27.3 Å². The fraction of sp³-hybridized carbons (Fsp3) is 0.519. The van der Waals surface area contributed by atoms with Crippen LogP contribution in [0.2, 0.25) is 0 Å². The molecule has 2 aromatic carbocycles. The topological polar surface area (TPSA) is 35.5 Å². The lowest BCUT2D eigenvalue weighted by Crippen LogP contribution is -3.00. The van der Waals surface area contributed by atoms with E-state index in [9.17, 15) is 4.79 Å². The van der Waals surface area contributed by atoms with Gasteiger partial charge in [-0.05, 0) is 54.0 Å². The minimum absolute atomic E-state index is 0. The van der Waals surface area contributed by atoms with E-state index in [-0.39, 0.29) is 29.0 Å². The van der Waals surface area contributed by atoms with Gasteiger partial charge in [-0.3, -0.25) is 0 Å². The van der Waals surface area contributed by atoms with Gasteiger partial charge in [-0.1, -0.05) is 58.0 Å². The molecule has 178 valence electrons. The molecule has 0 saturated carbocycles. The monoisotopic (exact) mass is 461 g/mol. The largest absolute Gasteiger partial charge is 1.00 e. The lowest BCUT2D eigenvalue weighted by atomic mass is 9.88. The minimum Gasteiger partial charge on any atom is -1.00 e. The van der Waals surface area contributed by atoms with Gasteiger partial charge in [0.15, 0.2) is 6.23 Å². The van der Waals surface area contributed by atoms with E-state index in [0.717, 1.165) is 24.2 Å². The predicted molar refractivity (Wildman–Crippen MR) is 127 cm³/mol. The summed E-state index contributed by atoms with van der Waals surface area (Å²) in [5.41, 5.74) is 3.31. The van der Waals surface area contributed by atoms with Crippen LogP contribution >= 0.6 is 0 Å². The Morgan fingerprint density at radius 3 is 2.06 bits per heavy atom. The molecular weight excluding hydrogens is 422 g/mol. The number of ether oxygens (including phenoxy) is 2. The van der Waals surface area contributed by atoms with Crippen LogP contribution in [0.25, 0.3) is 0 Å². The Labute approximate surface area is 200 Å². The van der Waals surface area contributed by atoms with Gasteiger partial charge in [0.25, 0.3) is 0 Å². The van der Waals surface area contributed by atoms with Crippen LogP contribution in [-0.4, -0.2) is 43.9 Å². The Kier molecular flexibility index (Phi) is 11.4. The smallest absolute Gasteiger partial charge is 0.347 e. The molecule has 0 saturated heterocycles. The lowest BCUT2D eigenvalue weighted by Gasteiger charge is -2.33. The number of halogens is 1. The van der Waals surface area contributed by atoms with Crippen LogP contribution in [0.4, 0.5) is 0 Å². The van der Waals surface area contributed by atoms with Gasteiger partial charge < -0.3 is 21.9 Å². The molecule has 4 nitrogen and oxygen atoms in total. The Hall–Kier alpha value is -1.88. The first-order valence-electron chi connectivity index (χ1n) is 11.4. The lowest BCUT2D eigenvalue weighted by molar-refractivity contribution is -0.859. The number of hydrogen-bond donors (Lipinski definition) is 0. The molecule has 2 aromatic rings. The summed E-state index contributed by atoms with van der Waals surface area (Å²) in [4.78, 5) is 13.7. The summed E-state index contributed by atoms with van der Waals surface area (Å²) in [6.45, 7) is 11.7. The van der Waals surface area contributed by atoms with Crippen LogP contribution in [0.15, 0.2) is 48.5 Å². The first-order valence-corrected chi connectivity index (χ1v) is 11.4. The third kappa shape index (κ3) is 7.91. The van der Waals surface area contributed by atoms with Gasteiger partial charge in [0.1, 0.15) is 12.4 Å². The highest BCUT2D eigenvalue weighted by molar-refractivity contribution is 5.91. The number of para-hydroxylation sites is 1. The number of carbonyl (C=O) groups excluding carboxylic acids is 1. The molecule has 0 aliphatic rings. The molecule has 0 N–H and O–H groups in total. The molecule has 0 heterocycles. The minimum atomic E-state index is -0.285. The maximum atomic E-state index is 13.7. The van der Waals surface area contributed by atoms with Crippen molar-refractivity contribution >= 4 is 5.91 Å². The zero-order chi connectivity index (χ0) is 23.0. The highest BCUT2D eigenvalue weighted by atomic mass is 35.5. The maximum absolute atomic E-state index is 13.7. The standard InChI is InChI=1S/C27H40NO3.ClH/c1-20(2)18-23-12-11-15-25(26(23)19-21(3)4)27(29)28(6,7)22(5)30-16-17-31-24-13-9-8-10-14-24;/h8-15,20-22H,16-19H2,1-7H3;1H/q+1;/p-1. The summed E-state index contributed by atoms with van der Waals surface area (Å²) >= 11 is 0. The molecule has 1 atom stereocenters. The van der Waals surface area contributed by atoms with Gasteiger partial charge in [-0.25, -0.2) is 9.28 Å². The maximum Gasteiger partial charge on any atom is 0.347 e. The second-order valence-electron chi connectivity index (χ2n) is 9.62. The quantitative estimate of drug-likeness (QED) is 0.293. The second-order valence-corrected chi connectivity index (χ2v) is 9.62. The van der Waals surface area contributed by atoms with E-state index >= 15 is 0 Å². The zero-order valence-electron chi connectivity index (χ0n) is 20.7. The predicted octanol–water partition coefficient (Wildman–Crippen LogP) is 2.75. The van der Waals surface area contributed by atoms with E-state index in [1.165, 1.54) is 11.1 Å². The van der Waals surface area contributed by atoms with E-state index in [1.54, 1.807) is 0 Å². The van der Waals surface area contributed by atoms with Crippen LogP contribution in [0, 0.1) is 11.8 Å². The number of rotatable bonds is 11. The Morgan fingerprint density at radius 1 is 0.844 bits per heavy atom. The van der Waals surface area contributed by atoms with Crippen molar-refractivity contribution in [2.24, 2.45) is 11.8 Å². The second kappa shape index (κ2) is 13.0. The molecule has 0 fully saturated rings. The molecule has 0 bridgehead atoms. The summed E-state index contributed by atoms with van der Waals surface area (Å²) in [5, 5.41) is 0. The van der Waals surface area contributed by atoms with Gasteiger partial charge in [-0.15, -0.1) is 0 Å². The van der Waals surface area contributed by atoms with Crippen LogP contribution < -0.4 is 17.1 Å². The summed E-state index contributed by atoms with van der Waals surface area (Å²) in [5.74, 6) is 1.95. The number of quaternary nitrogens is 1. The molecule has 5 heteroatoms. The molecule has 0 aliphatic carbocycles. The molecule has 1 unspecified atom stereocenters. The van der Waals surface area contributed by atoms with Crippen LogP contribution in [0.3, 0.4) is 0 Å². The first kappa shape index (κ1) is 28.2. The van der Waals surface area contributed by atoms with Crippen molar-refractivity contribution in [1.82, 2.24) is 0 Å². The number of nitrogens with zero attached hydrogens (tertiary/aromatic N) is 1. The molecule has 0 radical (unpaired) electrons. The normalized spacial score (nSPS) is 12.5. The fourth-order valence-corrected chi connectivity index (χ4v) is 3.67. The Bertz CT molecular complexity index is 834. The average molecular weight is 462 g/mol. The number of carbonyl (C=O) groups is 1. The van der Waals surface area contributed by atoms with Crippen molar-refractivity contribution in [3.63, 3.8) is 0 Å². The molecule has 1 amide bonds. The molecule has 0 spiro atoms. The summed E-state index contributed by atoms with van der Waals surface area (Å²) in [7, 11) is 3.86. The summed E-state index contributed by atoms with van der Waals surface area (Å²) in [6, 6.07) is 15.9. The number of amides is 1. The van der Waals surface area contributed by atoms with Crippen LogP contribution in [-0.2, 0) is 17.6 Å². The molecule has 0 aromatic heterocycles. The third-order valence-corrected chi connectivity index (χ3v) is 5.63. The van der Waals surface area contributed by atoms with E-state index in [1.807, 2.05) is 63.5 Å². The fourth-order valence-electron chi connectivity index (χ4n) is 3.67. The van der Waals surface area contributed by atoms with Crippen molar-refractivity contribution in [2.45, 2.75) is 53.7 Å². The van der Waals surface area contributed by atoms with Crippen molar-refractivity contribution in [3.8, 4) is 5.75 Å². The zero-order valence-corrected chi connectivity index (χ0v) is 21.5. The van der Waals surface area contributed by atoms with E-state index in [2.05, 4.69) is 33.8 Å². The molecule has 32 heavy (non-hydrogen) atoms. The average Bonchev–Trinajstić information content (AvgIpc) is 2.71. The Morgan fingerprint density at radius 2 is 1.47 bits per heavy atom. The van der Waals surface area contributed by atoms with E-state index in [4.69, 9.17) is 9.47 Å². The van der Waals surface area contributed by atoms with E-state index in [0.29, 0.717) is 25.0 Å². The van der Waals surface area contributed by atoms with Gasteiger partial charge in [0.05, 0.1) is 26.3 Å². The highest BCUT2D eigenvalue weighted by Gasteiger charge is 2.36. The number of hydrogen-bond acceptors (Lipinski definition) is 3. The molecule has 2 rings (SSSR count). The highest BCUT2D eigenvalue weighted by Crippen LogP contribution is 2.25. The van der Waals surface area contributed by atoms with Gasteiger partial charge in [0.2, 0.25) is 0 Å². The van der Waals surface area contributed by atoms with Crippen LogP contribution in [0.5, 0.6) is 5.75 Å². The third-order valence-electron chi connectivity index (χ3n) is 5.63. The molecule has 0 aliphatic heterocycles. The van der Waals surface area contributed by atoms with Crippen molar-refractivity contribution < 1.29 is 31.2 Å². The van der Waals surface area contributed by atoms with Crippen LogP contribution in [0.1, 0.15) is 56.1 Å². The SMILES string of the molecule is CC(C)Cc1cccc(C(=O)[N+](C)(C)C(C)OCCOc2ccccc2)c1CC(C)C.[Cl-]. The van der Waals surface area contributed by atoms with Gasteiger partial charge in [-0.2, -0.15) is 0 Å².